The highest BCUT2D eigenvalue weighted by Crippen LogP contribution is 2.36. The molecule has 2 nitrogen and oxygen atoms in total. The fraction of sp³-hybridized carbons (Fsp3) is 0.769. The number of aromatic nitrogens is 1. The largest absolute Gasteiger partial charge is 0.466 e. The first-order chi connectivity index (χ1) is 8.06. The maximum Gasteiger partial charge on any atom is 0.274 e. The second kappa shape index (κ2) is 5.57. The summed E-state index contributed by atoms with van der Waals surface area (Å²) in [6, 6.07) is 0. The van der Waals surface area contributed by atoms with E-state index in [1.165, 1.54) is 24.2 Å². The van der Waals surface area contributed by atoms with E-state index in [-0.39, 0.29) is 0 Å². The predicted octanol–water partition coefficient (Wildman–Crippen LogP) is 4.64. The van der Waals surface area contributed by atoms with Crippen LogP contribution in [0.4, 0.5) is 0 Å². The van der Waals surface area contributed by atoms with Crippen molar-refractivity contribution in [2.24, 2.45) is 17.8 Å². The van der Waals surface area contributed by atoms with Crippen molar-refractivity contribution in [3.05, 3.63) is 10.5 Å². The van der Waals surface area contributed by atoms with Crippen molar-refractivity contribution in [2.75, 3.05) is 0 Å². The number of thiazole rings is 1. The van der Waals surface area contributed by atoms with Gasteiger partial charge in [-0.25, -0.2) is 0 Å². The molecule has 1 saturated carbocycles. The molecule has 0 amide bonds. The lowest BCUT2D eigenvalue weighted by Crippen LogP contribution is -2.36. The highest BCUT2D eigenvalue weighted by Gasteiger charge is 2.32. The summed E-state index contributed by atoms with van der Waals surface area (Å²) in [5.74, 6) is 2.07. The summed E-state index contributed by atoms with van der Waals surface area (Å²) < 4.78 is 6.04. The third-order valence-corrected chi connectivity index (χ3v) is 4.72. The molecule has 0 aliphatic heterocycles. The van der Waals surface area contributed by atoms with Gasteiger partial charge in [0.25, 0.3) is 5.19 Å². The summed E-state index contributed by atoms with van der Waals surface area (Å²) >= 11 is 7.32. The van der Waals surface area contributed by atoms with Crippen LogP contribution in [0.1, 0.15) is 40.0 Å². The third-order valence-electron chi connectivity index (χ3n) is 3.67. The molecule has 1 aliphatic carbocycles. The minimum Gasteiger partial charge on any atom is -0.466 e. The van der Waals surface area contributed by atoms with E-state index in [1.807, 2.05) is 5.38 Å². The number of nitrogens with zero attached hydrogens (tertiary/aromatic N) is 1. The molecule has 1 aromatic heterocycles. The third kappa shape index (κ3) is 3.35. The van der Waals surface area contributed by atoms with E-state index in [9.17, 15) is 0 Å². The van der Waals surface area contributed by atoms with Crippen LogP contribution >= 0.6 is 22.9 Å². The average Bonchev–Trinajstić information content (AvgIpc) is 2.63. The molecule has 0 N–H and O–H groups in total. The van der Waals surface area contributed by atoms with Gasteiger partial charge in [-0.1, -0.05) is 50.1 Å². The molecule has 17 heavy (non-hydrogen) atoms. The first-order valence-corrected chi connectivity index (χ1v) is 7.59. The predicted molar refractivity (Wildman–Crippen MR) is 72.9 cm³/mol. The first-order valence-electron chi connectivity index (χ1n) is 6.34. The van der Waals surface area contributed by atoms with Crippen LogP contribution < -0.4 is 4.74 Å². The second-order valence-corrected chi connectivity index (χ2v) is 6.63. The summed E-state index contributed by atoms with van der Waals surface area (Å²) in [7, 11) is 0. The van der Waals surface area contributed by atoms with Gasteiger partial charge in [0.1, 0.15) is 11.3 Å². The van der Waals surface area contributed by atoms with Gasteiger partial charge in [-0.2, -0.15) is 4.98 Å². The molecule has 0 radical (unpaired) electrons. The van der Waals surface area contributed by atoms with E-state index in [2.05, 4.69) is 25.8 Å². The molecular formula is C13H20ClNOS. The summed E-state index contributed by atoms with van der Waals surface area (Å²) in [6.07, 6.45) is 4.03. The van der Waals surface area contributed by atoms with Crippen LogP contribution in [0.15, 0.2) is 5.38 Å². The summed E-state index contributed by atoms with van der Waals surface area (Å²) in [4.78, 5) is 4.19. The first kappa shape index (κ1) is 13.2. The molecule has 0 saturated heterocycles. The highest BCUT2D eigenvalue weighted by molar-refractivity contribution is 7.11. The van der Waals surface area contributed by atoms with Gasteiger partial charge in [-0.3, -0.25) is 0 Å². The van der Waals surface area contributed by atoms with Crippen LogP contribution in [0.2, 0.25) is 5.15 Å². The molecule has 3 atom stereocenters. The van der Waals surface area contributed by atoms with E-state index in [1.54, 1.807) is 0 Å². The van der Waals surface area contributed by atoms with Gasteiger partial charge in [0.15, 0.2) is 0 Å². The highest BCUT2D eigenvalue weighted by atomic mass is 35.5. The van der Waals surface area contributed by atoms with Crippen molar-refractivity contribution in [3.8, 4) is 5.19 Å². The van der Waals surface area contributed by atoms with Gasteiger partial charge >= 0.3 is 0 Å². The molecule has 1 heterocycles. The minimum atomic E-state index is 0.306. The Labute approximate surface area is 112 Å². The Morgan fingerprint density at radius 1 is 1.47 bits per heavy atom. The Hall–Kier alpha value is -0.280. The monoisotopic (exact) mass is 273 g/mol. The molecule has 4 heteroatoms. The molecule has 3 unspecified atom stereocenters. The van der Waals surface area contributed by atoms with Crippen molar-refractivity contribution in [1.29, 1.82) is 0 Å². The van der Waals surface area contributed by atoms with Gasteiger partial charge in [0.2, 0.25) is 0 Å². The standard InChI is InChI=1S/C13H20ClNOS/c1-8(2)10-5-4-9(3)6-11(10)16-13-15-12(14)7-17-13/h7-11H,4-6H2,1-3H3. The maximum atomic E-state index is 6.04. The van der Waals surface area contributed by atoms with E-state index in [0.717, 1.165) is 17.5 Å². The van der Waals surface area contributed by atoms with E-state index in [0.29, 0.717) is 23.1 Å². The molecular weight excluding hydrogens is 254 g/mol. The Balaban J connectivity index is 2.04. The Kier molecular flexibility index (Phi) is 4.31. The van der Waals surface area contributed by atoms with Gasteiger partial charge < -0.3 is 4.74 Å². The van der Waals surface area contributed by atoms with E-state index in [4.69, 9.17) is 16.3 Å². The number of hydrogen-bond acceptors (Lipinski definition) is 3. The number of halogens is 1. The van der Waals surface area contributed by atoms with Crippen molar-refractivity contribution in [3.63, 3.8) is 0 Å². The molecule has 1 aliphatic rings. The molecule has 0 bridgehead atoms. The van der Waals surface area contributed by atoms with E-state index < -0.39 is 0 Å². The molecule has 0 aromatic carbocycles. The van der Waals surface area contributed by atoms with Gasteiger partial charge in [-0.15, -0.1) is 0 Å². The minimum absolute atomic E-state index is 0.306. The smallest absolute Gasteiger partial charge is 0.274 e. The Morgan fingerprint density at radius 3 is 2.82 bits per heavy atom. The van der Waals surface area contributed by atoms with Crippen LogP contribution in [-0.4, -0.2) is 11.1 Å². The van der Waals surface area contributed by atoms with E-state index >= 15 is 0 Å². The molecule has 0 spiro atoms. The normalized spacial score (nSPS) is 29.6. The average molecular weight is 274 g/mol. The summed E-state index contributed by atoms with van der Waals surface area (Å²) in [5.41, 5.74) is 0. The number of ether oxygens (including phenoxy) is 1. The lowest BCUT2D eigenvalue weighted by atomic mass is 9.75. The van der Waals surface area contributed by atoms with Crippen molar-refractivity contribution in [1.82, 2.24) is 4.98 Å². The van der Waals surface area contributed by atoms with Crippen LogP contribution in [-0.2, 0) is 0 Å². The molecule has 1 aromatic rings. The quantitative estimate of drug-likeness (QED) is 0.801. The van der Waals surface area contributed by atoms with Crippen LogP contribution in [0.3, 0.4) is 0 Å². The molecule has 2 rings (SSSR count). The zero-order valence-corrected chi connectivity index (χ0v) is 12.2. The van der Waals surface area contributed by atoms with Crippen molar-refractivity contribution < 1.29 is 4.74 Å². The zero-order valence-electron chi connectivity index (χ0n) is 10.6. The number of rotatable bonds is 3. The number of hydrogen-bond donors (Lipinski definition) is 0. The van der Waals surface area contributed by atoms with Crippen LogP contribution in [0.5, 0.6) is 5.19 Å². The molecule has 96 valence electrons. The van der Waals surface area contributed by atoms with Gasteiger partial charge in [0, 0.05) is 5.38 Å². The summed E-state index contributed by atoms with van der Waals surface area (Å²) in [5, 5.41) is 3.09. The van der Waals surface area contributed by atoms with Crippen LogP contribution in [0, 0.1) is 17.8 Å². The van der Waals surface area contributed by atoms with Gasteiger partial charge in [0.05, 0.1) is 0 Å². The summed E-state index contributed by atoms with van der Waals surface area (Å²) in [6.45, 7) is 6.87. The van der Waals surface area contributed by atoms with Crippen molar-refractivity contribution in [2.45, 2.75) is 46.1 Å². The fourth-order valence-corrected chi connectivity index (χ4v) is 3.51. The van der Waals surface area contributed by atoms with Gasteiger partial charge in [-0.05, 0) is 30.6 Å². The Morgan fingerprint density at radius 2 is 2.24 bits per heavy atom. The molecule has 1 fully saturated rings. The lowest BCUT2D eigenvalue weighted by molar-refractivity contribution is 0.0458. The SMILES string of the molecule is CC1CCC(C(C)C)C(Oc2nc(Cl)cs2)C1. The fourth-order valence-electron chi connectivity index (χ4n) is 2.67. The second-order valence-electron chi connectivity index (χ2n) is 5.42. The lowest BCUT2D eigenvalue weighted by Gasteiger charge is -2.36. The maximum absolute atomic E-state index is 6.04. The van der Waals surface area contributed by atoms with Crippen molar-refractivity contribution >= 4 is 22.9 Å². The zero-order chi connectivity index (χ0) is 12.4. The Bertz CT molecular complexity index is 366. The topological polar surface area (TPSA) is 22.1 Å². The van der Waals surface area contributed by atoms with Crippen LogP contribution in [0.25, 0.3) is 0 Å².